The highest BCUT2D eigenvalue weighted by atomic mass is 16.6. The van der Waals surface area contributed by atoms with E-state index in [1.165, 1.54) is 12.1 Å². The van der Waals surface area contributed by atoms with E-state index in [-0.39, 0.29) is 13.1 Å². The fraction of sp³-hybridized carbons (Fsp3) is 0.0769. The summed E-state index contributed by atoms with van der Waals surface area (Å²) < 4.78 is 0. The molecule has 0 aliphatic rings. The molecule has 5 heteroatoms. The molecular weight excluding hydrogens is 230 g/mol. The van der Waals surface area contributed by atoms with Crippen molar-refractivity contribution >= 4 is 17.1 Å². The number of nitro benzene ring substituents is 1. The molecule has 0 aliphatic carbocycles. The Hall–Kier alpha value is -2.56. The minimum absolute atomic E-state index is 0. The van der Waals surface area contributed by atoms with Crippen molar-refractivity contribution in [2.24, 2.45) is 10.2 Å². The van der Waals surface area contributed by atoms with Crippen LogP contribution in [-0.2, 0) is 0 Å². The zero-order valence-electron chi connectivity index (χ0n) is 8.85. The van der Waals surface area contributed by atoms with Gasteiger partial charge >= 0.3 is 0 Å². The van der Waals surface area contributed by atoms with Crippen LogP contribution in [-0.4, -0.2) is 4.92 Å². The zero-order chi connectivity index (χ0) is 12.1. The van der Waals surface area contributed by atoms with E-state index < -0.39 is 4.92 Å². The van der Waals surface area contributed by atoms with E-state index in [0.717, 1.165) is 5.69 Å². The van der Waals surface area contributed by atoms with E-state index in [9.17, 15) is 10.1 Å². The predicted molar refractivity (Wildman–Crippen MR) is 70.4 cm³/mol. The minimum atomic E-state index is -0.446. The number of hydrogen-bond donors (Lipinski definition) is 0. The summed E-state index contributed by atoms with van der Waals surface area (Å²) in [5.41, 5.74) is 1.37. The van der Waals surface area contributed by atoms with Crippen molar-refractivity contribution < 1.29 is 4.92 Å². The van der Waals surface area contributed by atoms with Gasteiger partial charge < -0.3 is 0 Å². The maximum atomic E-state index is 10.4. The Morgan fingerprint density at radius 1 is 0.833 bits per heavy atom. The highest BCUT2D eigenvalue weighted by molar-refractivity contribution is 5.44. The summed E-state index contributed by atoms with van der Waals surface area (Å²) in [4.78, 5) is 10.00. The van der Waals surface area contributed by atoms with Gasteiger partial charge in [-0.1, -0.05) is 25.6 Å². The molecule has 18 heavy (non-hydrogen) atoms. The lowest BCUT2D eigenvalue weighted by Gasteiger charge is -1.93. The standard InChI is InChI=1S/C12H9N3O2.CH4/c16-15(17)12-8-6-11(7-9-12)14-13-10-4-2-1-3-5-10;/h1-9H;1H4. The maximum absolute atomic E-state index is 10.4. The van der Waals surface area contributed by atoms with Crippen LogP contribution < -0.4 is 0 Å². The van der Waals surface area contributed by atoms with Crippen LogP contribution in [0.25, 0.3) is 0 Å². The molecule has 0 aliphatic heterocycles. The first kappa shape index (κ1) is 13.5. The SMILES string of the molecule is C.O=[N+]([O-])c1ccc(N=Nc2ccccc2)cc1. The molecule has 0 aromatic heterocycles. The third-order valence-electron chi connectivity index (χ3n) is 2.10. The molecule has 5 nitrogen and oxygen atoms in total. The Balaban J connectivity index is 0.00000162. The van der Waals surface area contributed by atoms with Crippen molar-refractivity contribution in [2.75, 3.05) is 0 Å². The summed E-state index contributed by atoms with van der Waals surface area (Å²) in [6, 6.07) is 15.2. The van der Waals surface area contributed by atoms with E-state index >= 15 is 0 Å². The Kier molecular flexibility index (Phi) is 4.68. The lowest BCUT2D eigenvalue weighted by atomic mass is 10.3. The van der Waals surface area contributed by atoms with Gasteiger partial charge in [-0.3, -0.25) is 10.1 Å². The molecule has 0 bridgehead atoms. The van der Waals surface area contributed by atoms with Crippen molar-refractivity contribution in [1.29, 1.82) is 0 Å². The van der Waals surface area contributed by atoms with Gasteiger partial charge in [0, 0.05) is 12.1 Å². The third kappa shape index (κ3) is 3.48. The molecule has 0 atom stereocenters. The van der Waals surface area contributed by atoms with Crippen molar-refractivity contribution in [3.63, 3.8) is 0 Å². The maximum Gasteiger partial charge on any atom is 0.269 e. The lowest BCUT2D eigenvalue weighted by Crippen LogP contribution is -1.85. The van der Waals surface area contributed by atoms with Crippen LogP contribution in [0.4, 0.5) is 17.1 Å². The average Bonchev–Trinajstić information content (AvgIpc) is 2.38. The van der Waals surface area contributed by atoms with E-state index in [0.29, 0.717) is 5.69 Å². The van der Waals surface area contributed by atoms with Crippen LogP contribution in [0.2, 0.25) is 0 Å². The van der Waals surface area contributed by atoms with Gasteiger partial charge in [0.25, 0.3) is 5.69 Å². The molecule has 0 saturated carbocycles. The molecule has 0 unspecified atom stereocenters. The molecular formula is C13H13N3O2. The second-order valence-corrected chi connectivity index (χ2v) is 3.31. The van der Waals surface area contributed by atoms with Crippen LogP contribution in [0, 0.1) is 10.1 Å². The zero-order valence-corrected chi connectivity index (χ0v) is 8.85. The number of rotatable bonds is 3. The third-order valence-corrected chi connectivity index (χ3v) is 2.10. The van der Waals surface area contributed by atoms with E-state index in [1.54, 1.807) is 12.1 Å². The van der Waals surface area contributed by atoms with Crippen molar-refractivity contribution in [3.05, 3.63) is 64.7 Å². The van der Waals surface area contributed by atoms with Crippen LogP contribution in [0.3, 0.4) is 0 Å². The summed E-state index contributed by atoms with van der Waals surface area (Å²) >= 11 is 0. The van der Waals surface area contributed by atoms with Crippen molar-refractivity contribution in [1.82, 2.24) is 0 Å². The molecule has 0 radical (unpaired) electrons. The van der Waals surface area contributed by atoms with Gasteiger partial charge in [-0.15, -0.1) is 0 Å². The van der Waals surface area contributed by atoms with Gasteiger partial charge in [-0.2, -0.15) is 10.2 Å². The van der Waals surface area contributed by atoms with Crippen LogP contribution in [0.1, 0.15) is 7.43 Å². The molecule has 0 heterocycles. The number of benzene rings is 2. The lowest BCUT2D eigenvalue weighted by molar-refractivity contribution is -0.384. The number of nitrogens with zero attached hydrogens (tertiary/aromatic N) is 3. The highest BCUT2D eigenvalue weighted by Gasteiger charge is 2.02. The summed E-state index contributed by atoms with van der Waals surface area (Å²) in [7, 11) is 0. The molecule has 0 saturated heterocycles. The smallest absolute Gasteiger partial charge is 0.258 e. The van der Waals surface area contributed by atoms with Gasteiger partial charge in [0.05, 0.1) is 16.3 Å². The summed E-state index contributed by atoms with van der Waals surface area (Å²) in [6.07, 6.45) is 0. The fourth-order valence-electron chi connectivity index (χ4n) is 1.25. The Labute approximate surface area is 105 Å². The molecule has 0 spiro atoms. The molecule has 2 aromatic rings. The van der Waals surface area contributed by atoms with Gasteiger partial charge in [0.15, 0.2) is 0 Å². The molecule has 2 aromatic carbocycles. The first-order valence-corrected chi connectivity index (χ1v) is 4.97. The summed E-state index contributed by atoms with van der Waals surface area (Å²) in [5.74, 6) is 0. The van der Waals surface area contributed by atoms with Gasteiger partial charge in [0.1, 0.15) is 0 Å². The summed E-state index contributed by atoms with van der Waals surface area (Å²) in [5, 5.41) is 18.4. The van der Waals surface area contributed by atoms with Crippen LogP contribution in [0.5, 0.6) is 0 Å². The van der Waals surface area contributed by atoms with E-state index in [1.807, 2.05) is 30.3 Å². The molecule has 92 valence electrons. The normalized spacial score (nSPS) is 10.0. The van der Waals surface area contributed by atoms with Gasteiger partial charge in [0.2, 0.25) is 0 Å². The Bertz CT molecular complexity index is 536. The highest BCUT2D eigenvalue weighted by Crippen LogP contribution is 2.20. The average molecular weight is 243 g/mol. The Morgan fingerprint density at radius 3 is 1.83 bits per heavy atom. The van der Waals surface area contributed by atoms with Crippen molar-refractivity contribution in [3.8, 4) is 0 Å². The molecule has 0 amide bonds. The molecule has 0 N–H and O–H groups in total. The van der Waals surface area contributed by atoms with Gasteiger partial charge in [-0.25, -0.2) is 0 Å². The number of nitro groups is 1. The number of azo groups is 1. The topological polar surface area (TPSA) is 67.9 Å². The monoisotopic (exact) mass is 243 g/mol. The van der Waals surface area contributed by atoms with Crippen LogP contribution >= 0.6 is 0 Å². The minimum Gasteiger partial charge on any atom is -0.258 e. The quantitative estimate of drug-likeness (QED) is 0.447. The second kappa shape index (κ2) is 6.24. The predicted octanol–water partition coefficient (Wildman–Crippen LogP) is 4.65. The Morgan fingerprint density at radius 2 is 1.33 bits per heavy atom. The van der Waals surface area contributed by atoms with Gasteiger partial charge in [-0.05, 0) is 24.3 Å². The first-order chi connectivity index (χ1) is 8.25. The second-order valence-electron chi connectivity index (χ2n) is 3.31. The van der Waals surface area contributed by atoms with E-state index in [4.69, 9.17) is 0 Å². The number of hydrogen-bond acceptors (Lipinski definition) is 4. The molecule has 0 fully saturated rings. The van der Waals surface area contributed by atoms with Crippen molar-refractivity contribution in [2.45, 2.75) is 7.43 Å². The van der Waals surface area contributed by atoms with Crippen LogP contribution in [0.15, 0.2) is 64.8 Å². The largest absolute Gasteiger partial charge is 0.269 e. The molecule has 2 rings (SSSR count). The van der Waals surface area contributed by atoms with E-state index in [2.05, 4.69) is 10.2 Å². The fourth-order valence-corrected chi connectivity index (χ4v) is 1.25. The number of non-ortho nitro benzene ring substituents is 1. The first-order valence-electron chi connectivity index (χ1n) is 4.97. The summed E-state index contributed by atoms with van der Waals surface area (Å²) in [6.45, 7) is 0.